The summed E-state index contributed by atoms with van der Waals surface area (Å²) in [7, 11) is 2.12. The van der Waals surface area contributed by atoms with Crippen LogP contribution in [0.25, 0.3) is 0 Å². The summed E-state index contributed by atoms with van der Waals surface area (Å²) in [5.74, 6) is 0. The van der Waals surface area contributed by atoms with Crippen molar-refractivity contribution < 1.29 is 19.1 Å². The molecule has 17 heavy (non-hydrogen) atoms. The molecule has 1 aliphatic rings. The maximum absolute atomic E-state index is 11.7. The van der Waals surface area contributed by atoms with Gasteiger partial charge in [0.05, 0.1) is 46.4 Å². The first-order valence-corrected chi connectivity index (χ1v) is 6.47. The van der Waals surface area contributed by atoms with Gasteiger partial charge in [0.1, 0.15) is 6.54 Å². The van der Waals surface area contributed by atoms with Crippen LogP contribution in [0.3, 0.4) is 0 Å². The number of unbranched alkanes of at least 4 members (excludes halogenated alkanes) is 1. The molecule has 0 radical (unpaired) electrons. The van der Waals surface area contributed by atoms with Crippen LogP contribution in [0.2, 0.25) is 0 Å². The number of nitrogens with zero attached hydrogens (tertiary/aromatic N) is 2. The van der Waals surface area contributed by atoms with Crippen LogP contribution < -0.4 is 0 Å². The number of rotatable bonds is 5. The molecule has 0 saturated carbocycles. The first-order valence-electron chi connectivity index (χ1n) is 6.47. The minimum Gasteiger partial charge on any atom is -0.449 e. The molecule has 1 N–H and O–H groups in total. The molecule has 0 spiro atoms. The van der Waals surface area contributed by atoms with Gasteiger partial charge in [0, 0.05) is 0 Å². The molecule has 5 heteroatoms. The van der Waals surface area contributed by atoms with E-state index < -0.39 is 0 Å². The Morgan fingerprint density at radius 3 is 2.59 bits per heavy atom. The molecule has 100 valence electrons. The van der Waals surface area contributed by atoms with Crippen LogP contribution in [0.15, 0.2) is 0 Å². The van der Waals surface area contributed by atoms with Crippen molar-refractivity contribution in [2.75, 3.05) is 53.0 Å². The highest BCUT2D eigenvalue weighted by molar-refractivity contribution is 5.67. The van der Waals surface area contributed by atoms with Gasteiger partial charge >= 0.3 is 6.09 Å². The van der Waals surface area contributed by atoms with Gasteiger partial charge in [-0.3, -0.25) is 4.90 Å². The number of carbonyl (C=O) groups is 1. The maximum atomic E-state index is 11.7. The molecule has 0 atom stereocenters. The van der Waals surface area contributed by atoms with Crippen molar-refractivity contribution in [2.24, 2.45) is 0 Å². The zero-order valence-electron chi connectivity index (χ0n) is 11.0. The van der Waals surface area contributed by atoms with E-state index in [9.17, 15) is 4.79 Å². The Labute approximate surface area is 104 Å². The van der Waals surface area contributed by atoms with Crippen molar-refractivity contribution in [1.82, 2.24) is 4.90 Å². The molecule has 1 heterocycles. The minimum atomic E-state index is -0.186. The molecule has 0 aromatic rings. The van der Waals surface area contributed by atoms with Crippen molar-refractivity contribution in [2.45, 2.75) is 19.8 Å². The predicted octanol–water partition coefficient (Wildman–Crippen LogP) is 0.678. The summed E-state index contributed by atoms with van der Waals surface area (Å²) in [4.78, 5) is 13.5. The lowest BCUT2D eigenvalue weighted by Gasteiger charge is -2.41. The highest BCUT2D eigenvalue weighted by Crippen LogP contribution is 2.10. The highest BCUT2D eigenvalue weighted by atomic mass is 16.6. The van der Waals surface area contributed by atoms with E-state index in [1.54, 1.807) is 4.90 Å². The van der Waals surface area contributed by atoms with Crippen LogP contribution in [0.4, 0.5) is 4.79 Å². The first kappa shape index (κ1) is 14.3. The molecule has 0 aromatic heterocycles. The number of carbonyl (C=O) groups excluding carboxylic acids is 1. The Kier molecular flexibility index (Phi) is 5.71. The van der Waals surface area contributed by atoms with E-state index in [1.807, 2.05) is 0 Å². The molecular weight excluding hydrogens is 220 g/mol. The fourth-order valence-electron chi connectivity index (χ4n) is 1.99. The molecule has 0 bridgehead atoms. The van der Waals surface area contributed by atoms with Gasteiger partial charge in [-0.1, -0.05) is 13.3 Å². The Balaban J connectivity index is 2.28. The molecule has 0 aromatic carbocycles. The largest absolute Gasteiger partial charge is 0.449 e. The lowest BCUT2D eigenvalue weighted by Crippen LogP contribution is -2.59. The molecule has 0 unspecified atom stereocenters. The normalized spacial score (nSPS) is 19.1. The highest BCUT2D eigenvalue weighted by Gasteiger charge is 2.30. The van der Waals surface area contributed by atoms with Crippen LogP contribution in [0.1, 0.15) is 19.8 Å². The Bertz CT molecular complexity index is 238. The maximum Gasteiger partial charge on any atom is 0.410 e. The molecule has 1 saturated heterocycles. The molecule has 0 aliphatic carbocycles. The summed E-state index contributed by atoms with van der Waals surface area (Å²) < 4.78 is 6.02. The fourth-order valence-corrected chi connectivity index (χ4v) is 1.99. The zero-order chi connectivity index (χ0) is 12.7. The number of quaternary nitrogens is 1. The number of hydrogen-bond acceptors (Lipinski definition) is 3. The number of ether oxygens (including phenoxy) is 1. The molecule has 1 aliphatic heterocycles. The van der Waals surface area contributed by atoms with Crippen molar-refractivity contribution in [3.63, 3.8) is 0 Å². The third kappa shape index (κ3) is 4.52. The smallest absolute Gasteiger partial charge is 0.410 e. The second kappa shape index (κ2) is 6.81. The molecular formula is C12H25N2O3+. The fraction of sp³-hybridized carbons (Fsp3) is 0.917. The number of aliphatic hydroxyl groups excluding tert-OH is 1. The third-order valence-corrected chi connectivity index (χ3v) is 3.44. The molecule has 1 rings (SSSR count). The molecule has 5 nitrogen and oxygen atoms in total. The lowest BCUT2D eigenvalue weighted by atomic mass is 10.2. The van der Waals surface area contributed by atoms with Gasteiger partial charge in [0.25, 0.3) is 0 Å². The number of likely N-dealkylation sites (N-methyl/N-ethyl adjacent to an activating group) is 1. The quantitative estimate of drug-likeness (QED) is 0.572. The minimum absolute atomic E-state index is 0.186. The second-order valence-electron chi connectivity index (χ2n) is 4.97. The van der Waals surface area contributed by atoms with Crippen LogP contribution in [0, 0.1) is 0 Å². The summed E-state index contributed by atoms with van der Waals surface area (Å²) in [6, 6.07) is 0. The summed E-state index contributed by atoms with van der Waals surface area (Å²) >= 11 is 0. The first-order chi connectivity index (χ1) is 8.11. The van der Waals surface area contributed by atoms with Crippen LogP contribution >= 0.6 is 0 Å². The average Bonchev–Trinajstić information content (AvgIpc) is 2.30. The van der Waals surface area contributed by atoms with E-state index in [4.69, 9.17) is 9.84 Å². The molecule has 1 fully saturated rings. The predicted molar refractivity (Wildman–Crippen MR) is 65.7 cm³/mol. The molecule has 1 amide bonds. The zero-order valence-corrected chi connectivity index (χ0v) is 11.0. The number of hydrogen-bond donors (Lipinski definition) is 1. The summed E-state index contributed by atoms with van der Waals surface area (Å²) in [6.07, 6.45) is 1.78. The van der Waals surface area contributed by atoms with E-state index in [0.717, 1.165) is 50.0 Å². The van der Waals surface area contributed by atoms with E-state index in [1.165, 1.54) is 0 Å². The van der Waals surface area contributed by atoms with Gasteiger partial charge in [-0.2, -0.15) is 0 Å². The third-order valence-electron chi connectivity index (χ3n) is 3.44. The van der Waals surface area contributed by atoms with Gasteiger partial charge in [0.2, 0.25) is 0 Å². The van der Waals surface area contributed by atoms with E-state index in [0.29, 0.717) is 6.61 Å². The Morgan fingerprint density at radius 1 is 1.41 bits per heavy atom. The van der Waals surface area contributed by atoms with E-state index in [2.05, 4.69) is 14.0 Å². The standard InChI is InChI=1S/C12H25N2O3/c1-3-4-11-17-12(16)13-5-7-14(2,8-6-13)9-10-15/h15H,3-11H2,1-2H3/q+1. The van der Waals surface area contributed by atoms with Gasteiger partial charge in [0.15, 0.2) is 0 Å². The van der Waals surface area contributed by atoms with Crippen molar-refractivity contribution in [3.05, 3.63) is 0 Å². The van der Waals surface area contributed by atoms with Crippen molar-refractivity contribution in [3.8, 4) is 0 Å². The monoisotopic (exact) mass is 245 g/mol. The van der Waals surface area contributed by atoms with Gasteiger partial charge in [-0.25, -0.2) is 4.79 Å². The van der Waals surface area contributed by atoms with Crippen LogP contribution in [0.5, 0.6) is 0 Å². The van der Waals surface area contributed by atoms with Crippen LogP contribution in [-0.4, -0.2) is 73.6 Å². The second-order valence-corrected chi connectivity index (χ2v) is 4.97. The van der Waals surface area contributed by atoms with Gasteiger partial charge < -0.3 is 14.3 Å². The van der Waals surface area contributed by atoms with E-state index >= 15 is 0 Å². The van der Waals surface area contributed by atoms with Gasteiger partial charge in [-0.15, -0.1) is 0 Å². The number of piperazine rings is 1. The Morgan fingerprint density at radius 2 is 2.06 bits per heavy atom. The summed E-state index contributed by atoms with van der Waals surface area (Å²) in [6.45, 7) is 6.80. The van der Waals surface area contributed by atoms with Crippen molar-refractivity contribution in [1.29, 1.82) is 0 Å². The average molecular weight is 245 g/mol. The van der Waals surface area contributed by atoms with Crippen LogP contribution in [-0.2, 0) is 4.74 Å². The summed E-state index contributed by atoms with van der Waals surface area (Å²) in [5.41, 5.74) is 0. The summed E-state index contributed by atoms with van der Waals surface area (Å²) in [5, 5.41) is 8.98. The van der Waals surface area contributed by atoms with Gasteiger partial charge in [-0.05, 0) is 6.42 Å². The SMILES string of the molecule is CCCCOC(=O)N1CC[N+](C)(CCO)CC1. The number of amides is 1. The van der Waals surface area contributed by atoms with Crippen molar-refractivity contribution >= 4 is 6.09 Å². The Hall–Kier alpha value is -0.810. The van der Waals surface area contributed by atoms with E-state index in [-0.39, 0.29) is 12.7 Å². The lowest BCUT2D eigenvalue weighted by molar-refractivity contribution is -0.913. The number of aliphatic hydroxyl groups is 1. The topological polar surface area (TPSA) is 49.8 Å².